The molecule has 0 spiro atoms. The van der Waals surface area contributed by atoms with Gasteiger partial charge in [-0.1, -0.05) is 18.2 Å². The summed E-state index contributed by atoms with van der Waals surface area (Å²) in [6.07, 6.45) is -0.0300. The van der Waals surface area contributed by atoms with E-state index in [4.69, 9.17) is 24.4 Å². The molecule has 49 heavy (non-hydrogen) atoms. The largest absolute Gasteiger partial charge is 0.511 e. The smallest absolute Gasteiger partial charge is 0.494 e. The molecule has 3 aliphatic rings. The van der Waals surface area contributed by atoms with Crippen LogP contribution in [0.15, 0.2) is 63.5 Å². The van der Waals surface area contributed by atoms with Gasteiger partial charge < -0.3 is 35.1 Å². The third-order valence-electron chi connectivity index (χ3n) is 9.01. The highest BCUT2D eigenvalue weighted by atomic mass is 79.9. The number of aromatic nitrogens is 2. The molecule has 1 unspecified atom stereocenters. The molecule has 1 aromatic carbocycles. The minimum atomic E-state index is -4.65. The second kappa shape index (κ2) is 13.7. The Labute approximate surface area is 290 Å². The predicted octanol–water partition coefficient (Wildman–Crippen LogP) is 4.99. The van der Waals surface area contributed by atoms with Crippen LogP contribution >= 0.6 is 15.9 Å². The lowest BCUT2D eigenvalue weighted by molar-refractivity contribution is -0.182. The SMILES string of the molecule is CC(N=C/C(Nc1ncc(Br)cn1)=C1\NCCO1)c1cc(B2OC(C)(C)C(C)(C)O2)ccc1CC(=O)NC(=N)/C=C(\O)C1(C(F)(F)F)CC1. The Morgan fingerprint density at radius 2 is 1.86 bits per heavy atom. The van der Waals surface area contributed by atoms with Gasteiger partial charge in [0.2, 0.25) is 17.7 Å². The van der Waals surface area contributed by atoms with Crippen molar-refractivity contribution in [2.75, 3.05) is 18.5 Å². The van der Waals surface area contributed by atoms with Crippen LogP contribution in [0.2, 0.25) is 0 Å². The molecule has 1 aromatic heterocycles. The van der Waals surface area contributed by atoms with Gasteiger partial charge in [-0.25, -0.2) is 9.97 Å². The Bertz CT molecular complexity index is 1670. The van der Waals surface area contributed by atoms with Gasteiger partial charge in [-0.2, -0.15) is 13.2 Å². The van der Waals surface area contributed by atoms with E-state index >= 15 is 0 Å². The summed E-state index contributed by atoms with van der Waals surface area (Å²) in [5.41, 5.74) is -1.20. The number of amidine groups is 1. The first-order valence-electron chi connectivity index (χ1n) is 15.6. The van der Waals surface area contributed by atoms with Crippen LogP contribution in [0, 0.1) is 10.8 Å². The quantitative estimate of drug-likeness (QED) is 0.0976. The van der Waals surface area contributed by atoms with E-state index in [2.05, 4.69) is 41.8 Å². The number of ether oxygens (including phenoxy) is 1. The number of halogens is 4. The number of hydrogen-bond donors (Lipinski definition) is 5. The molecule has 0 radical (unpaired) electrons. The van der Waals surface area contributed by atoms with Crippen molar-refractivity contribution in [3.8, 4) is 0 Å². The minimum absolute atomic E-state index is 0.232. The molecule has 3 heterocycles. The van der Waals surface area contributed by atoms with Gasteiger partial charge in [0.25, 0.3) is 0 Å². The van der Waals surface area contributed by atoms with E-state index in [0.29, 0.717) is 57.8 Å². The van der Waals surface area contributed by atoms with E-state index in [-0.39, 0.29) is 19.3 Å². The van der Waals surface area contributed by atoms with Gasteiger partial charge in [0.1, 0.15) is 29.3 Å². The van der Waals surface area contributed by atoms with Gasteiger partial charge in [-0.15, -0.1) is 0 Å². The van der Waals surface area contributed by atoms with Crippen molar-refractivity contribution in [3.63, 3.8) is 0 Å². The number of carbonyl (C=O) groups excluding carboxylic acids is 1. The number of carbonyl (C=O) groups is 1. The van der Waals surface area contributed by atoms with E-state index in [1.165, 1.54) is 0 Å². The highest BCUT2D eigenvalue weighted by Gasteiger charge is 2.66. The molecule has 5 N–H and O–H groups in total. The number of alkyl halides is 3. The Hall–Kier alpha value is -3.96. The second-order valence-corrected chi connectivity index (χ2v) is 14.0. The first kappa shape index (κ1) is 36.3. The number of rotatable bonds is 10. The van der Waals surface area contributed by atoms with Crippen LogP contribution < -0.4 is 21.4 Å². The highest BCUT2D eigenvalue weighted by Crippen LogP contribution is 2.61. The standard InChI is InChI=1S/C32H38BBrF3N7O5/c1-18(40-17-23(27-39-10-11-47-27)43-28-41-15-21(34)16-42-28)22-13-20(33-48-29(2,3)30(4,5)49-33)7-6-19(22)12-26(46)44-25(38)14-24(45)31(8-9-31)32(35,36)37/h6-7,13-18,39,45H,8-12H2,1-5H3,(H2,38,44,46)(H,41,42,43)/b24-14-,27-23-,40-17?. The lowest BCUT2D eigenvalue weighted by atomic mass is 9.77. The highest BCUT2D eigenvalue weighted by molar-refractivity contribution is 9.10. The molecule has 12 nitrogen and oxygen atoms in total. The molecule has 1 amide bonds. The third kappa shape index (κ3) is 8.10. The van der Waals surface area contributed by atoms with Gasteiger partial charge in [-0.3, -0.25) is 15.2 Å². The van der Waals surface area contributed by atoms with E-state index in [0.717, 1.165) is 0 Å². The molecule has 17 heteroatoms. The van der Waals surface area contributed by atoms with Crippen LogP contribution in [0.3, 0.4) is 0 Å². The summed E-state index contributed by atoms with van der Waals surface area (Å²) >= 11 is 3.32. The number of nitrogens with one attached hydrogen (secondary N) is 4. The lowest BCUT2D eigenvalue weighted by Gasteiger charge is -2.32. The zero-order valence-electron chi connectivity index (χ0n) is 27.7. The molecule has 3 fully saturated rings. The van der Waals surface area contributed by atoms with Gasteiger partial charge in [0, 0.05) is 18.5 Å². The number of nitrogens with zero attached hydrogens (tertiary/aromatic N) is 3. The molecule has 2 aliphatic heterocycles. The molecule has 2 aromatic rings. The summed E-state index contributed by atoms with van der Waals surface area (Å²) in [7, 11) is -0.697. The van der Waals surface area contributed by atoms with Crippen molar-refractivity contribution < 1.29 is 37.1 Å². The average molecular weight is 748 g/mol. The summed E-state index contributed by atoms with van der Waals surface area (Å²) < 4.78 is 59.2. The number of aliphatic imine (C=N–C) groups is 1. The van der Waals surface area contributed by atoms with E-state index < -0.39 is 53.5 Å². The number of aliphatic hydroxyl groups is 1. The van der Waals surface area contributed by atoms with Crippen LogP contribution in [-0.2, 0) is 25.3 Å². The summed E-state index contributed by atoms with van der Waals surface area (Å²) in [5, 5.41) is 26.7. The molecule has 2 saturated heterocycles. The Morgan fingerprint density at radius 1 is 1.20 bits per heavy atom. The summed E-state index contributed by atoms with van der Waals surface area (Å²) in [4.78, 5) is 26.4. The van der Waals surface area contributed by atoms with Crippen LogP contribution in [0.5, 0.6) is 0 Å². The lowest BCUT2D eigenvalue weighted by Crippen LogP contribution is -2.41. The molecule has 5 rings (SSSR count). The average Bonchev–Trinajstić information content (AvgIpc) is 3.61. The van der Waals surface area contributed by atoms with Crippen molar-refractivity contribution >= 4 is 52.4 Å². The normalized spacial score (nSPS) is 21.2. The fourth-order valence-electron chi connectivity index (χ4n) is 5.23. The maximum atomic E-state index is 13.4. The molecule has 1 atom stereocenters. The van der Waals surface area contributed by atoms with Crippen molar-refractivity contribution in [2.45, 2.75) is 77.3 Å². The number of amides is 1. The fraction of sp³-hybridized carbons (Fsp3) is 0.469. The van der Waals surface area contributed by atoms with Crippen molar-refractivity contribution in [1.82, 2.24) is 20.6 Å². The Morgan fingerprint density at radius 3 is 2.43 bits per heavy atom. The second-order valence-electron chi connectivity index (χ2n) is 13.1. The fourth-order valence-corrected chi connectivity index (χ4v) is 5.44. The zero-order valence-corrected chi connectivity index (χ0v) is 29.3. The van der Waals surface area contributed by atoms with Crippen LogP contribution in [0.4, 0.5) is 19.1 Å². The molecular formula is C32H38BBrF3N7O5. The van der Waals surface area contributed by atoms with Gasteiger partial charge in [0.15, 0.2) is 0 Å². The van der Waals surface area contributed by atoms with Gasteiger partial charge in [-0.05, 0) is 80.0 Å². The number of allylic oxidation sites excluding steroid dienone is 2. The van der Waals surface area contributed by atoms with Crippen LogP contribution in [-0.4, -0.2) is 70.7 Å². The third-order valence-corrected chi connectivity index (χ3v) is 9.42. The number of aliphatic hydroxyl groups excluding tert-OH is 1. The Balaban J connectivity index is 1.40. The summed E-state index contributed by atoms with van der Waals surface area (Å²) in [6.45, 7) is 10.7. The maximum absolute atomic E-state index is 13.4. The van der Waals surface area contributed by atoms with E-state index in [1.54, 1.807) is 30.7 Å². The first-order chi connectivity index (χ1) is 22.9. The van der Waals surface area contributed by atoms with Crippen molar-refractivity contribution in [2.24, 2.45) is 10.4 Å². The monoisotopic (exact) mass is 747 g/mol. The molecular weight excluding hydrogens is 710 g/mol. The van der Waals surface area contributed by atoms with Crippen molar-refractivity contribution in [1.29, 1.82) is 5.41 Å². The topological polar surface area (TPSA) is 163 Å². The van der Waals surface area contributed by atoms with Crippen LogP contribution in [0.1, 0.15) is 64.6 Å². The number of anilines is 1. The molecule has 1 aliphatic carbocycles. The van der Waals surface area contributed by atoms with E-state index in [9.17, 15) is 23.1 Å². The first-order valence-corrected chi connectivity index (χ1v) is 16.4. The zero-order chi connectivity index (χ0) is 35.8. The number of hydrogen-bond acceptors (Lipinski definition) is 11. The van der Waals surface area contributed by atoms with E-state index in [1.807, 2.05) is 40.7 Å². The van der Waals surface area contributed by atoms with Crippen molar-refractivity contribution in [3.05, 3.63) is 69.6 Å². The van der Waals surface area contributed by atoms with Crippen LogP contribution in [0.25, 0.3) is 0 Å². The minimum Gasteiger partial charge on any atom is -0.511 e. The Kier molecular flexibility index (Phi) is 10.2. The van der Waals surface area contributed by atoms with Gasteiger partial charge >= 0.3 is 13.3 Å². The maximum Gasteiger partial charge on any atom is 0.494 e. The van der Waals surface area contributed by atoms with Gasteiger partial charge in [0.05, 0.1) is 40.9 Å². The summed E-state index contributed by atoms with van der Waals surface area (Å²) in [6, 6.07) is 4.81. The summed E-state index contributed by atoms with van der Waals surface area (Å²) in [5.74, 6) is -1.53. The predicted molar refractivity (Wildman–Crippen MR) is 181 cm³/mol. The molecule has 1 saturated carbocycles. The molecule has 262 valence electrons. The number of benzene rings is 1. The molecule has 0 bridgehead atoms.